The first-order valence-electron chi connectivity index (χ1n) is 8.37. The number of aromatic amines is 1. The maximum absolute atomic E-state index is 12.4. The van der Waals surface area contributed by atoms with Gasteiger partial charge >= 0.3 is 5.69 Å². The second kappa shape index (κ2) is 8.66. The van der Waals surface area contributed by atoms with E-state index in [1.54, 1.807) is 11.3 Å². The molecule has 2 aromatic rings. The molecule has 2 heterocycles. The van der Waals surface area contributed by atoms with Crippen molar-refractivity contribution in [3.8, 4) is 0 Å². The summed E-state index contributed by atoms with van der Waals surface area (Å²) in [6, 6.07) is 4.01. The number of unbranched alkanes of at least 4 members (excludes halogenated alkanes) is 1. The fourth-order valence-electron chi connectivity index (χ4n) is 2.60. The summed E-state index contributed by atoms with van der Waals surface area (Å²) in [7, 11) is 1.52. The van der Waals surface area contributed by atoms with E-state index in [9.17, 15) is 14.4 Å². The van der Waals surface area contributed by atoms with Gasteiger partial charge in [0.1, 0.15) is 5.82 Å². The fraction of sp³-hybridized carbons (Fsp3) is 0.471. The van der Waals surface area contributed by atoms with Crippen LogP contribution in [0.4, 0.5) is 11.5 Å². The van der Waals surface area contributed by atoms with Gasteiger partial charge in [-0.3, -0.25) is 19.1 Å². The van der Waals surface area contributed by atoms with Crippen molar-refractivity contribution in [2.75, 3.05) is 17.7 Å². The summed E-state index contributed by atoms with van der Waals surface area (Å²) < 4.78 is 1.32. The topological polar surface area (TPSA) is 101 Å². The van der Waals surface area contributed by atoms with Gasteiger partial charge in [0, 0.05) is 24.9 Å². The van der Waals surface area contributed by atoms with E-state index in [2.05, 4.69) is 4.98 Å². The molecule has 136 valence electrons. The number of aryl methyl sites for hydroxylation is 1. The van der Waals surface area contributed by atoms with Crippen molar-refractivity contribution < 1.29 is 4.79 Å². The molecule has 0 saturated heterocycles. The molecular formula is C17H24N4O3S. The molecule has 0 aliphatic heterocycles. The molecule has 0 aromatic carbocycles. The van der Waals surface area contributed by atoms with Crippen molar-refractivity contribution in [1.82, 2.24) is 9.55 Å². The maximum atomic E-state index is 12.4. The first-order chi connectivity index (χ1) is 12.0. The minimum absolute atomic E-state index is 0.0382. The first-order valence-corrected chi connectivity index (χ1v) is 9.25. The molecule has 0 bridgehead atoms. The number of thiophene rings is 1. The van der Waals surface area contributed by atoms with Gasteiger partial charge in [-0.2, -0.15) is 0 Å². The van der Waals surface area contributed by atoms with E-state index in [1.165, 1.54) is 21.4 Å². The van der Waals surface area contributed by atoms with Crippen LogP contribution in [0.5, 0.6) is 0 Å². The third-order valence-corrected chi connectivity index (χ3v) is 4.99. The summed E-state index contributed by atoms with van der Waals surface area (Å²) in [6.45, 7) is 2.41. The van der Waals surface area contributed by atoms with Crippen LogP contribution < -0.4 is 21.9 Å². The van der Waals surface area contributed by atoms with Crippen LogP contribution >= 0.6 is 11.3 Å². The van der Waals surface area contributed by atoms with E-state index < -0.39 is 11.2 Å². The number of nitrogens with zero attached hydrogens (tertiary/aromatic N) is 2. The van der Waals surface area contributed by atoms with Crippen LogP contribution in [0.25, 0.3) is 0 Å². The van der Waals surface area contributed by atoms with Gasteiger partial charge in [0.25, 0.3) is 5.56 Å². The van der Waals surface area contributed by atoms with E-state index in [0.717, 1.165) is 19.3 Å². The molecule has 0 aliphatic carbocycles. The van der Waals surface area contributed by atoms with Gasteiger partial charge in [-0.05, 0) is 30.7 Å². The summed E-state index contributed by atoms with van der Waals surface area (Å²) in [4.78, 5) is 41.2. The van der Waals surface area contributed by atoms with Crippen LogP contribution in [-0.4, -0.2) is 22.5 Å². The number of rotatable bonds is 8. The highest BCUT2D eigenvalue weighted by atomic mass is 32.1. The van der Waals surface area contributed by atoms with Crippen LogP contribution in [0.3, 0.4) is 0 Å². The van der Waals surface area contributed by atoms with Gasteiger partial charge in [-0.1, -0.05) is 19.4 Å². The number of hydrogen-bond donors (Lipinski definition) is 2. The average Bonchev–Trinajstić information content (AvgIpc) is 3.07. The quantitative estimate of drug-likeness (QED) is 0.747. The highest BCUT2D eigenvalue weighted by molar-refractivity contribution is 7.09. The second-order valence-corrected chi connectivity index (χ2v) is 6.92. The standard InChI is InChI=1S/C17H24N4O3S/c1-3-4-10-21-15(18)14(16(23)19-17(21)24)20(2)13(22)9-5-7-12-8-6-11-25-12/h6,8,11H,3-5,7,9-10,18H2,1-2H3,(H,19,23,24). The van der Waals surface area contributed by atoms with E-state index in [0.29, 0.717) is 19.4 Å². The zero-order valence-corrected chi connectivity index (χ0v) is 15.4. The van der Waals surface area contributed by atoms with Crippen molar-refractivity contribution in [3.63, 3.8) is 0 Å². The third kappa shape index (κ3) is 4.60. The molecule has 0 saturated carbocycles. The number of nitrogen functional groups attached to an aromatic ring is 1. The molecule has 3 N–H and O–H groups in total. The van der Waals surface area contributed by atoms with Crippen LogP contribution in [-0.2, 0) is 17.8 Å². The number of nitrogens with one attached hydrogen (secondary N) is 1. The molecule has 1 amide bonds. The molecule has 8 heteroatoms. The maximum Gasteiger partial charge on any atom is 0.330 e. The highest BCUT2D eigenvalue weighted by Gasteiger charge is 2.20. The Labute approximate surface area is 150 Å². The molecule has 0 atom stereocenters. The van der Waals surface area contributed by atoms with Gasteiger partial charge in [0.2, 0.25) is 5.91 Å². The number of hydrogen-bond acceptors (Lipinski definition) is 5. The minimum atomic E-state index is -0.635. The molecule has 2 rings (SSSR count). The Kier molecular flexibility index (Phi) is 6.58. The Hall–Kier alpha value is -2.35. The van der Waals surface area contributed by atoms with E-state index in [-0.39, 0.29) is 17.4 Å². The first kappa shape index (κ1) is 19.0. The van der Waals surface area contributed by atoms with Gasteiger partial charge in [0.05, 0.1) is 0 Å². The lowest BCUT2D eigenvalue weighted by atomic mass is 10.2. The molecule has 0 aliphatic rings. The average molecular weight is 364 g/mol. The Bertz CT molecular complexity index is 823. The lowest BCUT2D eigenvalue weighted by Crippen LogP contribution is -2.39. The smallest absolute Gasteiger partial charge is 0.330 e. The van der Waals surface area contributed by atoms with Crippen molar-refractivity contribution in [1.29, 1.82) is 0 Å². The van der Waals surface area contributed by atoms with Crippen LogP contribution in [0.1, 0.15) is 37.5 Å². The number of aromatic nitrogens is 2. The monoisotopic (exact) mass is 364 g/mol. The van der Waals surface area contributed by atoms with E-state index >= 15 is 0 Å². The van der Waals surface area contributed by atoms with Crippen molar-refractivity contribution in [3.05, 3.63) is 43.2 Å². The molecule has 2 aromatic heterocycles. The predicted molar refractivity (Wildman–Crippen MR) is 101 cm³/mol. The zero-order chi connectivity index (χ0) is 18.4. The Morgan fingerprint density at radius 2 is 2.12 bits per heavy atom. The lowest BCUT2D eigenvalue weighted by Gasteiger charge is -2.20. The van der Waals surface area contributed by atoms with Crippen molar-refractivity contribution >= 4 is 28.7 Å². The molecule has 25 heavy (non-hydrogen) atoms. The number of H-pyrrole nitrogens is 1. The summed E-state index contributed by atoms with van der Waals surface area (Å²) in [5.41, 5.74) is 4.88. The third-order valence-electron chi connectivity index (χ3n) is 4.05. The normalized spacial score (nSPS) is 10.8. The van der Waals surface area contributed by atoms with Crippen LogP contribution in [0, 0.1) is 0 Å². The largest absolute Gasteiger partial charge is 0.383 e. The predicted octanol–water partition coefficient (Wildman–Crippen LogP) is 1.97. The van der Waals surface area contributed by atoms with E-state index in [1.807, 2.05) is 24.4 Å². The summed E-state index contributed by atoms with van der Waals surface area (Å²) in [6.07, 6.45) is 3.46. The van der Waals surface area contributed by atoms with Gasteiger partial charge < -0.3 is 10.6 Å². The zero-order valence-electron chi connectivity index (χ0n) is 14.6. The lowest BCUT2D eigenvalue weighted by molar-refractivity contribution is -0.118. The summed E-state index contributed by atoms with van der Waals surface area (Å²) in [5, 5.41) is 2.00. The number of carbonyl (C=O) groups excluding carboxylic acids is 1. The summed E-state index contributed by atoms with van der Waals surface area (Å²) in [5.74, 6) is -0.161. The van der Waals surface area contributed by atoms with Gasteiger partial charge in [-0.25, -0.2) is 4.79 Å². The molecule has 0 spiro atoms. The van der Waals surface area contributed by atoms with Gasteiger partial charge in [-0.15, -0.1) is 11.3 Å². The molecule has 7 nitrogen and oxygen atoms in total. The number of carbonyl (C=O) groups is 1. The Balaban J connectivity index is 2.14. The minimum Gasteiger partial charge on any atom is -0.383 e. The second-order valence-electron chi connectivity index (χ2n) is 5.88. The Morgan fingerprint density at radius 1 is 1.36 bits per heavy atom. The van der Waals surface area contributed by atoms with Crippen LogP contribution in [0.2, 0.25) is 0 Å². The fourth-order valence-corrected chi connectivity index (χ4v) is 3.35. The van der Waals surface area contributed by atoms with E-state index in [4.69, 9.17) is 5.73 Å². The Morgan fingerprint density at radius 3 is 2.76 bits per heavy atom. The van der Waals surface area contributed by atoms with Crippen molar-refractivity contribution in [2.24, 2.45) is 0 Å². The molecule has 0 radical (unpaired) electrons. The summed E-state index contributed by atoms with van der Waals surface area (Å²) >= 11 is 1.66. The molecular weight excluding hydrogens is 340 g/mol. The van der Waals surface area contributed by atoms with Crippen molar-refractivity contribution in [2.45, 2.75) is 45.6 Å². The van der Waals surface area contributed by atoms with Crippen LogP contribution in [0.15, 0.2) is 27.1 Å². The van der Waals surface area contributed by atoms with Gasteiger partial charge in [0.15, 0.2) is 5.69 Å². The molecule has 0 fully saturated rings. The SMILES string of the molecule is CCCCn1c(N)c(N(C)C(=O)CCCc2cccs2)c(=O)[nH]c1=O. The number of nitrogens with two attached hydrogens (primary N) is 1. The number of amides is 1. The number of anilines is 2. The highest BCUT2D eigenvalue weighted by Crippen LogP contribution is 2.18. The molecule has 0 unspecified atom stereocenters.